The van der Waals surface area contributed by atoms with Crippen LogP contribution in [0.1, 0.15) is 19.3 Å². The second-order valence-corrected chi connectivity index (χ2v) is 7.29. The van der Waals surface area contributed by atoms with Gasteiger partial charge in [0.05, 0.1) is 0 Å². The number of likely N-dealkylation sites (N-methyl/N-ethyl adjacent to an activating group) is 1. The van der Waals surface area contributed by atoms with Crippen LogP contribution in [0.2, 0.25) is 0 Å². The smallest absolute Gasteiger partial charge is 0.0236 e. The highest BCUT2D eigenvalue weighted by Gasteiger charge is 2.30. The van der Waals surface area contributed by atoms with E-state index in [1.54, 1.807) is 0 Å². The molecule has 0 saturated carbocycles. The number of hydrogen-bond acceptors (Lipinski definition) is 4. The summed E-state index contributed by atoms with van der Waals surface area (Å²) in [5, 5.41) is 0. The van der Waals surface area contributed by atoms with Crippen molar-refractivity contribution in [2.24, 2.45) is 5.92 Å². The number of likely N-dealkylation sites (tertiary alicyclic amines) is 2. The summed E-state index contributed by atoms with van der Waals surface area (Å²) in [6, 6.07) is 0.843. The third kappa shape index (κ3) is 3.73. The van der Waals surface area contributed by atoms with Crippen molar-refractivity contribution in [3.05, 3.63) is 0 Å². The van der Waals surface area contributed by atoms with E-state index in [1.807, 2.05) is 0 Å². The van der Waals surface area contributed by atoms with Crippen molar-refractivity contribution < 1.29 is 0 Å². The summed E-state index contributed by atoms with van der Waals surface area (Å²) in [4.78, 5) is 10.4. The van der Waals surface area contributed by atoms with Gasteiger partial charge < -0.3 is 14.7 Å². The van der Waals surface area contributed by atoms with E-state index in [0.717, 1.165) is 12.0 Å². The van der Waals surface area contributed by atoms with Crippen LogP contribution in [0, 0.1) is 5.92 Å². The van der Waals surface area contributed by atoms with Crippen LogP contribution in [0.4, 0.5) is 0 Å². The molecule has 0 N–H and O–H groups in total. The maximum Gasteiger partial charge on any atom is 0.0236 e. The molecular formula is C16H32N4. The Morgan fingerprint density at radius 2 is 1.40 bits per heavy atom. The Morgan fingerprint density at radius 1 is 0.750 bits per heavy atom. The van der Waals surface area contributed by atoms with Crippen LogP contribution < -0.4 is 0 Å². The molecule has 0 spiro atoms. The monoisotopic (exact) mass is 280 g/mol. The van der Waals surface area contributed by atoms with Crippen molar-refractivity contribution in [1.29, 1.82) is 0 Å². The molecule has 3 heterocycles. The molecule has 0 aromatic carbocycles. The molecule has 4 heteroatoms. The lowest BCUT2D eigenvalue weighted by molar-refractivity contribution is 0.109. The fourth-order valence-corrected chi connectivity index (χ4v) is 4.07. The Bertz CT molecular complexity index is 293. The molecule has 3 aliphatic rings. The van der Waals surface area contributed by atoms with Gasteiger partial charge in [0.15, 0.2) is 0 Å². The number of piperazine rings is 1. The third-order valence-electron chi connectivity index (χ3n) is 5.66. The van der Waals surface area contributed by atoms with E-state index in [9.17, 15) is 0 Å². The van der Waals surface area contributed by atoms with Crippen molar-refractivity contribution in [3.8, 4) is 0 Å². The lowest BCUT2D eigenvalue weighted by Crippen LogP contribution is -2.49. The molecule has 4 nitrogen and oxygen atoms in total. The number of nitrogens with zero attached hydrogens (tertiary/aromatic N) is 4. The van der Waals surface area contributed by atoms with Crippen LogP contribution in [-0.2, 0) is 0 Å². The van der Waals surface area contributed by atoms with Crippen molar-refractivity contribution in [1.82, 2.24) is 19.6 Å². The zero-order chi connectivity index (χ0) is 13.9. The highest BCUT2D eigenvalue weighted by molar-refractivity contribution is 4.87. The zero-order valence-electron chi connectivity index (χ0n) is 13.4. The van der Waals surface area contributed by atoms with Crippen molar-refractivity contribution in [2.45, 2.75) is 25.3 Å². The predicted octanol–water partition coefficient (Wildman–Crippen LogP) is 0.650. The summed E-state index contributed by atoms with van der Waals surface area (Å²) in [5.74, 6) is 0.956. The van der Waals surface area contributed by atoms with Gasteiger partial charge in [-0.15, -0.1) is 0 Å². The van der Waals surface area contributed by atoms with Gasteiger partial charge in [-0.05, 0) is 58.9 Å². The zero-order valence-corrected chi connectivity index (χ0v) is 13.4. The van der Waals surface area contributed by atoms with Crippen LogP contribution in [0.3, 0.4) is 0 Å². The normalized spacial score (nSPS) is 33.0. The Kier molecular flexibility index (Phi) is 4.97. The average Bonchev–Trinajstić information content (AvgIpc) is 2.91. The molecule has 1 atom stereocenters. The molecule has 0 radical (unpaired) electrons. The van der Waals surface area contributed by atoms with Crippen molar-refractivity contribution in [3.63, 3.8) is 0 Å². The largest absolute Gasteiger partial charge is 0.306 e. The Hall–Kier alpha value is -0.160. The minimum atomic E-state index is 0.843. The molecule has 116 valence electrons. The first-order chi connectivity index (χ1) is 9.70. The highest BCUT2D eigenvalue weighted by Crippen LogP contribution is 2.22. The van der Waals surface area contributed by atoms with E-state index >= 15 is 0 Å². The van der Waals surface area contributed by atoms with Crippen molar-refractivity contribution in [2.75, 3.05) is 73.0 Å². The molecule has 0 amide bonds. The maximum absolute atomic E-state index is 2.75. The van der Waals surface area contributed by atoms with Crippen LogP contribution in [0.5, 0.6) is 0 Å². The molecule has 3 aliphatic heterocycles. The van der Waals surface area contributed by atoms with Gasteiger partial charge in [0.2, 0.25) is 0 Å². The third-order valence-corrected chi connectivity index (χ3v) is 5.66. The van der Waals surface area contributed by atoms with Crippen LogP contribution >= 0.6 is 0 Å². The first kappa shape index (κ1) is 14.8. The number of hydrogen-bond donors (Lipinski definition) is 0. The van der Waals surface area contributed by atoms with Gasteiger partial charge in [0.25, 0.3) is 0 Å². The minimum absolute atomic E-state index is 0.843. The second-order valence-electron chi connectivity index (χ2n) is 7.29. The summed E-state index contributed by atoms with van der Waals surface area (Å²) in [6.45, 7) is 11.7. The molecule has 3 fully saturated rings. The first-order valence-electron chi connectivity index (χ1n) is 8.54. The van der Waals surface area contributed by atoms with E-state index < -0.39 is 0 Å². The highest BCUT2D eigenvalue weighted by atomic mass is 15.3. The van der Waals surface area contributed by atoms with Crippen molar-refractivity contribution >= 4 is 0 Å². The molecule has 1 unspecified atom stereocenters. The molecular weight excluding hydrogens is 248 g/mol. The summed E-state index contributed by atoms with van der Waals surface area (Å²) >= 11 is 0. The fourth-order valence-electron chi connectivity index (χ4n) is 4.07. The Morgan fingerprint density at radius 3 is 2.10 bits per heavy atom. The van der Waals surface area contributed by atoms with Crippen LogP contribution in [0.15, 0.2) is 0 Å². The van der Waals surface area contributed by atoms with E-state index in [4.69, 9.17) is 0 Å². The lowest BCUT2D eigenvalue weighted by atomic mass is 9.97. The van der Waals surface area contributed by atoms with Gasteiger partial charge in [0, 0.05) is 45.3 Å². The minimum Gasteiger partial charge on any atom is -0.306 e. The molecule has 3 rings (SSSR count). The van der Waals surface area contributed by atoms with Gasteiger partial charge in [-0.25, -0.2) is 0 Å². The van der Waals surface area contributed by atoms with Crippen LogP contribution in [-0.4, -0.2) is 98.6 Å². The second kappa shape index (κ2) is 6.73. The molecule has 3 saturated heterocycles. The Labute approximate surface area is 124 Å². The summed E-state index contributed by atoms with van der Waals surface area (Å²) in [6.07, 6.45) is 4.22. The first-order valence-corrected chi connectivity index (χ1v) is 8.54. The topological polar surface area (TPSA) is 13.0 Å². The van der Waals surface area contributed by atoms with E-state index in [-0.39, 0.29) is 0 Å². The van der Waals surface area contributed by atoms with Gasteiger partial charge in [-0.3, -0.25) is 4.90 Å². The average molecular weight is 280 g/mol. The van der Waals surface area contributed by atoms with Gasteiger partial charge in [-0.2, -0.15) is 0 Å². The van der Waals surface area contributed by atoms with E-state index in [0.29, 0.717) is 0 Å². The van der Waals surface area contributed by atoms with E-state index in [2.05, 4.69) is 33.7 Å². The quantitative estimate of drug-likeness (QED) is 0.752. The SMILES string of the molecule is CN1CCC(CN2CCC(N3CCN(C)CC3)C2)CC1. The summed E-state index contributed by atoms with van der Waals surface area (Å²) < 4.78 is 0. The van der Waals surface area contributed by atoms with Gasteiger partial charge >= 0.3 is 0 Å². The maximum atomic E-state index is 2.75. The standard InChI is InChI=1S/C16H32N4/c1-17-6-3-15(4-7-17)13-19-8-5-16(14-19)20-11-9-18(2)10-12-20/h15-16H,3-14H2,1-2H3. The predicted molar refractivity (Wildman–Crippen MR) is 84.1 cm³/mol. The summed E-state index contributed by atoms with van der Waals surface area (Å²) in [5.41, 5.74) is 0. The van der Waals surface area contributed by atoms with Crippen LogP contribution in [0.25, 0.3) is 0 Å². The molecule has 0 aromatic rings. The van der Waals surface area contributed by atoms with E-state index in [1.165, 1.54) is 78.2 Å². The molecule has 0 bridgehead atoms. The summed E-state index contributed by atoms with van der Waals surface area (Å²) in [7, 11) is 4.51. The molecule has 20 heavy (non-hydrogen) atoms. The molecule has 0 aromatic heterocycles. The molecule has 0 aliphatic carbocycles. The lowest BCUT2D eigenvalue weighted by Gasteiger charge is -2.36. The van der Waals surface area contributed by atoms with Gasteiger partial charge in [-0.1, -0.05) is 0 Å². The number of rotatable bonds is 3. The Balaban J connectivity index is 1.40. The fraction of sp³-hybridized carbons (Fsp3) is 1.00. The number of piperidine rings is 1. The van der Waals surface area contributed by atoms with Gasteiger partial charge in [0.1, 0.15) is 0 Å².